The van der Waals surface area contributed by atoms with Gasteiger partial charge in [0.05, 0.1) is 5.56 Å². The lowest BCUT2D eigenvalue weighted by Gasteiger charge is -2.03. The highest BCUT2D eigenvalue weighted by Gasteiger charge is 2.15. The number of ether oxygens (including phenoxy) is 1. The summed E-state index contributed by atoms with van der Waals surface area (Å²) in [5.41, 5.74) is 0.118. The Hall–Kier alpha value is -1.40. The summed E-state index contributed by atoms with van der Waals surface area (Å²) >= 11 is 1.24. The molecule has 1 aromatic rings. The number of carboxylic acid groups (broad SMARTS) is 1. The molecule has 0 saturated heterocycles. The first-order chi connectivity index (χ1) is 7.54. The zero-order valence-corrected chi connectivity index (χ0v) is 9.89. The van der Waals surface area contributed by atoms with Crippen LogP contribution in [0.15, 0.2) is 6.07 Å². The van der Waals surface area contributed by atoms with Crippen molar-refractivity contribution in [2.24, 2.45) is 0 Å². The molecule has 5 nitrogen and oxygen atoms in total. The van der Waals surface area contributed by atoms with Gasteiger partial charge in [-0.2, -0.15) is 0 Å². The Morgan fingerprint density at radius 1 is 1.56 bits per heavy atom. The number of carbonyl (C=O) groups is 2. The molecule has 2 N–H and O–H groups in total. The number of nitrogens with one attached hydrogen (secondary N) is 1. The molecule has 0 radical (unpaired) electrons. The second-order valence-corrected chi connectivity index (χ2v) is 4.35. The Morgan fingerprint density at radius 3 is 2.81 bits per heavy atom. The van der Waals surface area contributed by atoms with Crippen molar-refractivity contribution in [3.8, 4) is 0 Å². The van der Waals surface area contributed by atoms with Crippen molar-refractivity contribution in [1.29, 1.82) is 0 Å². The summed E-state index contributed by atoms with van der Waals surface area (Å²) in [6.07, 6.45) is 0. The molecule has 0 bridgehead atoms. The minimum Gasteiger partial charge on any atom is -0.478 e. The van der Waals surface area contributed by atoms with Crippen LogP contribution in [-0.4, -0.2) is 30.2 Å². The topological polar surface area (TPSA) is 75.6 Å². The fraction of sp³-hybridized carbons (Fsp3) is 0.400. The van der Waals surface area contributed by atoms with Gasteiger partial charge in [0.15, 0.2) is 0 Å². The van der Waals surface area contributed by atoms with Gasteiger partial charge in [-0.1, -0.05) is 0 Å². The summed E-state index contributed by atoms with van der Waals surface area (Å²) in [5, 5.41) is 11.8. The molecule has 0 aliphatic carbocycles. The lowest BCUT2D eigenvalue weighted by molar-refractivity contribution is -0.120. The van der Waals surface area contributed by atoms with Crippen LogP contribution in [0.1, 0.15) is 22.2 Å². The number of hydrogen-bond donors (Lipinski definition) is 2. The predicted octanol–water partition coefficient (Wildman–Crippen LogP) is 1.73. The Kier molecular flexibility index (Phi) is 4.45. The van der Waals surface area contributed by atoms with E-state index in [1.165, 1.54) is 17.4 Å². The normalized spacial score (nSPS) is 10.1. The quantitative estimate of drug-likeness (QED) is 0.825. The Balaban J connectivity index is 2.72. The van der Waals surface area contributed by atoms with Gasteiger partial charge in [-0.3, -0.25) is 4.79 Å². The maximum Gasteiger partial charge on any atom is 0.338 e. The fourth-order valence-electron chi connectivity index (χ4n) is 1.12. The SMILES string of the molecule is CCOCC(=O)Nc1sc(C)cc1C(=O)O. The summed E-state index contributed by atoms with van der Waals surface area (Å²) in [6.45, 7) is 3.95. The zero-order valence-electron chi connectivity index (χ0n) is 9.07. The highest BCUT2D eigenvalue weighted by Crippen LogP contribution is 2.27. The average Bonchev–Trinajstić information content (AvgIpc) is 2.56. The van der Waals surface area contributed by atoms with Gasteiger partial charge in [-0.05, 0) is 19.9 Å². The van der Waals surface area contributed by atoms with Gasteiger partial charge in [0.25, 0.3) is 5.91 Å². The highest BCUT2D eigenvalue weighted by molar-refractivity contribution is 7.16. The molecule has 16 heavy (non-hydrogen) atoms. The van der Waals surface area contributed by atoms with Crippen LogP contribution in [0.5, 0.6) is 0 Å². The number of aryl methyl sites for hydroxylation is 1. The molecule has 0 spiro atoms. The molecule has 88 valence electrons. The Labute approximate surface area is 97.0 Å². The standard InChI is InChI=1S/C10H13NO4S/c1-3-15-5-8(12)11-9-7(10(13)14)4-6(2)16-9/h4H,3,5H2,1-2H3,(H,11,12)(H,13,14). The molecular weight excluding hydrogens is 230 g/mol. The van der Waals surface area contributed by atoms with E-state index in [0.717, 1.165) is 4.88 Å². The van der Waals surface area contributed by atoms with Crippen molar-refractivity contribution >= 4 is 28.2 Å². The lowest BCUT2D eigenvalue weighted by atomic mass is 10.3. The summed E-state index contributed by atoms with van der Waals surface area (Å²) in [5.74, 6) is -1.39. The second kappa shape index (κ2) is 5.62. The van der Waals surface area contributed by atoms with Gasteiger partial charge < -0.3 is 15.2 Å². The molecule has 0 aliphatic rings. The number of thiophene rings is 1. The molecule has 1 heterocycles. The van der Waals surface area contributed by atoms with E-state index in [1.54, 1.807) is 13.8 Å². The van der Waals surface area contributed by atoms with Crippen LogP contribution in [-0.2, 0) is 9.53 Å². The predicted molar refractivity (Wildman–Crippen MR) is 61.1 cm³/mol. The summed E-state index contributed by atoms with van der Waals surface area (Å²) in [6, 6.07) is 1.53. The largest absolute Gasteiger partial charge is 0.478 e. The maximum atomic E-state index is 11.3. The van der Waals surface area contributed by atoms with Crippen LogP contribution in [0.25, 0.3) is 0 Å². The molecule has 0 unspecified atom stereocenters. The van der Waals surface area contributed by atoms with Crippen LogP contribution in [0.3, 0.4) is 0 Å². The number of amides is 1. The number of hydrogen-bond acceptors (Lipinski definition) is 4. The van der Waals surface area contributed by atoms with E-state index >= 15 is 0 Å². The molecule has 1 rings (SSSR count). The van der Waals surface area contributed by atoms with Gasteiger partial charge >= 0.3 is 5.97 Å². The van der Waals surface area contributed by atoms with E-state index < -0.39 is 5.97 Å². The van der Waals surface area contributed by atoms with E-state index in [2.05, 4.69) is 5.32 Å². The number of aromatic carboxylic acids is 1. The van der Waals surface area contributed by atoms with E-state index in [-0.39, 0.29) is 18.1 Å². The van der Waals surface area contributed by atoms with E-state index in [4.69, 9.17) is 9.84 Å². The van der Waals surface area contributed by atoms with Gasteiger partial charge in [0.2, 0.25) is 0 Å². The van der Waals surface area contributed by atoms with E-state index in [9.17, 15) is 9.59 Å². The van der Waals surface area contributed by atoms with Crippen LogP contribution in [0.2, 0.25) is 0 Å². The molecule has 1 aromatic heterocycles. The molecule has 0 atom stereocenters. The molecule has 6 heteroatoms. The Morgan fingerprint density at radius 2 is 2.25 bits per heavy atom. The third-order valence-corrected chi connectivity index (χ3v) is 2.74. The van der Waals surface area contributed by atoms with Gasteiger partial charge in [0, 0.05) is 11.5 Å². The maximum absolute atomic E-state index is 11.3. The minimum absolute atomic E-state index is 0.0630. The number of carboxylic acids is 1. The zero-order chi connectivity index (χ0) is 12.1. The van der Waals surface area contributed by atoms with Gasteiger partial charge in [0.1, 0.15) is 11.6 Å². The molecule has 0 saturated carbocycles. The monoisotopic (exact) mass is 243 g/mol. The first-order valence-corrected chi connectivity index (χ1v) is 5.57. The first kappa shape index (κ1) is 12.7. The molecule has 0 aromatic carbocycles. The molecular formula is C10H13NO4S. The van der Waals surface area contributed by atoms with Crippen molar-refractivity contribution in [3.63, 3.8) is 0 Å². The molecule has 0 aliphatic heterocycles. The minimum atomic E-state index is -1.05. The van der Waals surface area contributed by atoms with Crippen molar-refractivity contribution in [3.05, 3.63) is 16.5 Å². The van der Waals surface area contributed by atoms with Gasteiger partial charge in [-0.25, -0.2) is 4.79 Å². The first-order valence-electron chi connectivity index (χ1n) is 4.76. The third kappa shape index (κ3) is 3.32. The molecule has 1 amide bonds. The summed E-state index contributed by atoms with van der Waals surface area (Å²) in [4.78, 5) is 23.0. The van der Waals surface area contributed by atoms with Crippen molar-refractivity contribution < 1.29 is 19.4 Å². The number of anilines is 1. The summed E-state index contributed by atoms with van der Waals surface area (Å²) in [7, 11) is 0. The average molecular weight is 243 g/mol. The second-order valence-electron chi connectivity index (χ2n) is 3.09. The fourth-order valence-corrected chi connectivity index (χ4v) is 2.04. The van der Waals surface area contributed by atoms with Gasteiger partial charge in [-0.15, -0.1) is 11.3 Å². The third-order valence-electron chi connectivity index (χ3n) is 1.78. The summed E-state index contributed by atoms with van der Waals surface area (Å²) < 4.78 is 4.92. The van der Waals surface area contributed by atoms with Crippen LogP contribution in [0, 0.1) is 6.92 Å². The number of carbonyl (C=O) groups excluding carboxylic acids is 1. The number of rotatable bonds is 5. The lowest BCUT2D eigenvalue weighted by Crippen LogP contribution is -2.18. The van der Waals surface area contributed by atoms with Crippen molar-refractivity contribution in [1.82, 2.24) is 0 Å². The van der Waals surface area contributed by atoms with Crippen molar-refractivity contribution in [2.45, 2.75) is 13.8 Å². The van der Waals surface area contributed by atoms with Crippen LogP contribution >= 0.6 is 11.3 Å². The van der Waals surface area contributed by atoms with Crippen LogP contribution < -0.4 is 5.32 Å². The molecule has 0 fully saturated rings. The van der Waals surface area contributed by atoms with E-state index in [0.29, 0.717) is 11.6 Å². The highest BCUT2D eigenvalue weighted by atomic mass is 32.1. The smallest absolute Gasteiger partial charge is 0.338 e. The van der Waals surface area contributed by atoms with Crippen LogP contribution in [0.4, 0.5) is 5.00 Å². The Bertz CT molecular complexity index is 400. The van der Waals surface area contributed by atoms with Crippen molar-refractivity contribution in [2.75, 3.05) is 18.5 Å². The van der Waals surface area contributed by atoms with E-state index in [1.807, 2.05) is 0 Å².